The van der Waals surface area contributed by atoms with E-state index < -0.39 is 8.32 Å². The van der Waals surface area contributed by atoms with Crippen LogP contribution in [0, 0.1) is 0 Å². The van der Waals surface area contributed by atoms with E-state index in [1.165, 1.54) is 6.42 Å². The molecule has 1 aromatic carbocycles. The van der Waals surface area contributed by atoms with E-state index in [0.29, 0.717) is 22.4 Å². The zero-order chi connectivity index (χ0) is 20.0. The molecule has 2 nitrogen and oxygen atoms in total. The highest BCUT2D eigenvalue weighted by Gasteiger charge is 2.48. The number of benzene rings is 1. The summed E-state index contributed by atoms with van der Waals surface area (Å²) < 4.78 is 6.85. The van der Waals surface area contributed by atoms with Gasteiger partial charge in [-0.3, -0.25) is 4.79 Å². The van der Waals surface area contributed by atoms with Crippen LogP contribution in [0.4, 0.5) is 0 Å². The van der Waals surface area contributed by atoms with Crippen molar-refractivity contribution < 1.29 is 9.22 Å². The van der Waals surface area contributed by atoms with Crippen LogP contribution in [0.25, 0.3) is 6.08 Å². The SMILES string of the molecule is CC(C)[Si](O/C(=C\c1ccccc1)C(=O)C1=CCCCC1)(C(C)C)C(C)C. The van der Waals surface area contributed by atoms with Crippen LogP contribution >= 0.6 is 0 Å². The van der Waals surface area contributed by atoms with Gasteiger partial charge in [0, 0.05) is 0 Å². The summed E-state index contributed by atoms with van der Waals surface area (Å²) in [4.78, 5) is 13.4. The molecular weight excluding hydrogens is 348 g/mol. The third-order valence-corrected chi connectivity index (χ3v) is 11.9. The summed E-state index contributed by atoms with van der Waals surface area (Å²) >= 11 is 0. The summed E-state index contributed by atoms with van der Waals surface area (Å²) in [6.07, 6.45) is 8.23. The van der Waals surface area contributed by atoms with E-state index in [2.05, 4.69) is 47.6 Å². The van der Waals surface area contributed by atoms with Crippen LogP contribution in [0.15, 0.2) is 47.7 Å². The van der Waals surface area contributed by atoms with Crippen molar-refractivity contribution in [3.8, 4) is 0 Å². The molecule has 0 atom stereocenters. The second kappa shape index (κ2) is 9.54. The Balaban J connectivity index is 2.50. The Morgan fingerprint density at radius 3 is 2.04 bits per heavy atom. The van der Waals surface area contributed by atoms with Gasteiger partial charge in [-0.15, -0.1) is 0 Å². The molecule has 2 rings (SSSR count). The molecular formula is C24H36O2Si. The van der Waals surface area contributed by atoms with Gasteiger partial charge in [0.1, 0.15) is 0 Å². The van der Waals surface area contributed by atoms with E-state index >= 15 is 0 Å². The first-order valence-electron chi connectivity index (χ1n) is 10.5. The Kier molecular flexibility index (Phi) is 7.66. The van der Waals surface area contributed by atoms with E-state index in [4.69, 9.17) is 4.43 Å². The molecule has 1 aromatic rings. The van der Waals surface area contributed by atoms with Crippen molar-refractivity contribution in [2.75, 3.05) is 0 Å². The minimum absolute atomic E-state index is 0.0948. The van der Waals surface area contributed by atoms with Gasteiger partial charge in [-0.1, -0.05) is 78.0 Å². The minimum atomic E-state index is -2.19. The summed E-state index contributed by atoms with van der Waals surface area (Å²) in [7, 11) is -2.19. The van der Waals surface area contributed by atoms with Crippen molar-refractivity contribution in [3.63, 3.8) is 0 Å². The fourth-order valence-electron chi connectivity index (χ4n) is 4.59. The maximum atomic E-state index is 13.4. The first kappa shape index (κ1) is 21.7. The Labute approximate surface area is 166 Å². The summed E-state index contributed by atoms with van der Waals surface area (Å²) in [5.41, 5.74) is 3.26. The molecule has 27 heavy (non-hydrogen) atoms. The number of hydrogen-bond acceptors (Lipinski definition) is 2. The van der Waals surface area contributed by atoms with E-state index in [1.807, 2.05) is 36.4 Å². The fourth-order valence-corrected chi connectivity index (χ4v) is 9.83. The third-order valence-electron chi connectivity index (χ3n) is 5.90. The van der Waals surface area contributed by atoms with Crippen molar-refractivity contribution in [2.45, 2.75) is 83.8 Å². The number of Topliss-reactive ketones (excluding diaryl/α,β-unsaturated/α-hetero) is 1. The smallest absolute Gasteiger partial charge is 0.258 e. The monoisotopic (exact) mass is 384 g/mol. The van der Waals surface area contributed by atoms with Gasteiger partial charge < -0.3 is 4.43 Å². The van der Waals surface area contributed by atoms with Crippen LogP contribution in [-0.2, 0) is 9.22 Å². The number of ketones is 1. The lowest BCUT2D eigenvalue weighted by Gasteiger charge is -2.42. The topological polar surface area (TPSA) is 26.3 Å². The third kappa shape index (κ3) is 5.01. The summed E-state index contributed by atoms with van der Waals surface area (Å²) in [5, 5.41) is 0. The molecule has 0 saturated carbocycles. The predicted octanol–water partition coefficient (Wildman–Crippen LogP) is 7.29. The van der Waals surface area contributed by atoms with Gasteiger partial charge in [0.25, 0.3) is 8.32 Å². The van der Waals surface area contributed by atoms with Gasteiger partial charge in [-0.05, 0) is 59.5 Å². The zero-order valence-electron chi connectivity index (χ0n) is 17.9. The van der Waals surface area contributed by atoms with Crippen LogP contribution in [0.2, 0.25) is 16.6 Å². The highest BCUT2D eigenvalue weighted by atomic mass is 28.4. The molecule has 0 unspecified atom stereocenters. The maximum Gasteiger partial charge on any atom is 0.258 e. The molecule has 1 aliphatic carbocycles. The molecule has 1 aliphatic rings. The summed E-state index contributed by atoms with van der Waals surface area (Å²) in [6.45, 7) is 13.6. The van der Waals surface area contributed by atoms with Crippen molar-refractivity contribution in [3.05, 3.63) is 53.3 Å². The molecule has 0 fully saturated rings. The lowest BCUT2D eigenvalue weighted by atomic mass is 9.95. The minimum Gasteiger partial charge on any atom is -0.540 e. The average Bonchev–Trinajstić information content (AvgIpc) is 2.65. The normalized spacial score (nSPS) is 16.0. The second-order valence-electron chi connectivity index (χ2n) is 8.64. The molecule has 0 N–H and O–H groups in total. The molecule has 0 heterocycles. The first-order chi connectivity index (χ1) is 12.8. The maximum absolute atomic E-state index is 13.4. The zero-order valence-corrected chi connectivity index (χ0v) is 18.9. The number of rotatable bonds is 8. The lowest BCUT2D eigenvalue weighted by Crippen LogP contribution is -2.48. The van der Waals surface area contributed by atoms with Gasteiger partial charge in [0.05, 0.1) is 0 Å². The van der Waals surface area contributed by atoms with Gasteiger partial charge in [-0.2, -0.15) is 0 Å². The van der Waals surface area contributed by atoms with E-state index in [9.17, 15) is 4.79 Å². The predicted molar refractivity (Wildman–Crippen MR) is 118 cm³/mol. The van der Waals surface area contributed by atoms with Crippen LogP contribution in [0.3, 0.4) is 0 Å². The fraction of sp³-hybridized carbons (Fsp3) is 0.542. The molecule has 0 spiro atoms. The number of hydrogen-bond donors (Lipinski definition) is 0. The molecule has 0 amide bonds. The first-order valence-corrected chi connectivity index (χ1v) is 12.6. The molecule has 0 saturated heterocycles. The summed E-state index contributed by atoms with van der Waals surface area (Å²) in [5.74, 6) is 0.648. The molecule has 148 valence electrons. The van der Waals surface area contributed by atoms with Crippen LogP contribution in [0.1, 0.15) is 72.8 Å². The van der Waals surface area contributed by atoms with Gasteiger partial charge in [0.15, 0.2) is 5.76 Å². The Bertz CT molecular complexity index is 662. The molecule has 0 radical (unpaired) electrons. The Morgan fingerprint density at radius 2 is 1.56 bits per heavy atom. The van der Waals surface area contributed by atoms with Gasteiger partial charge >= 0.3 is 0 Å². The van der Waals surface area contributed by atoms with E-state index in [1.54, 1.807) is 0 Å². The van der Waals surface area contributed by atoms with Crippen molar-refractivity contribution in [2.24, 2.45) is 0 Å². The average molecular weight is 385 g/mol. The highest BCUT2D eigenvalue weighted by Crippen LogP contribution is 2.44. The standard InChI is InChI=1S/C24H36O2Si/c1-18(2)27(19(3)4,20(5)6)26-23(17-21-13-9-7-10-14-21)24(25)22-15-11-8-12-16-22/h7,9-10,13-15,17-20H,8,11-12,16H2,1-6H3/b23-17-. The van der Waals surface area contributed by atoms with Gasteiger partial charge in [-0.25, -0.2) is 0 Å². The van der Waals surface area contributed by atoms with Crippen LogP contribution < -0.4 is 0 Å². The quantitative estimate of drug-likeness (QED) is 0.267. The van der Waals surface area contributed by atoms with Crippen LogP contribution in [0.5, 0.6) is 0 Å². The van der Waals surface area contributed by atoms with Gasteiger partial charge in [0.2, 0.25) is 5.78 Å². The molecule has 0 bridgehead atoms. The van der Waals surface area contributed by atoms with Crippen LogP contribution in [-0.4, -0.2) is 14.1 Å². The van der Waals surface area contributed by atoms with Crippen molar-refractivity contribution >= 4 is 20.2 Å². The largest absolute Gasteiger partial charge is 0.540 e. The lowest BCUT2D eigenvalue weighted by molar-refractivity contribution is -0.114. The number of allylic oxidation sites excluding steroid dienone is 2. The molecule has 0 aromatic heterocycles. The molecule has 3 heteroatoms. The van der Waals surface area contributed by atoms with Crippen molar-refractivity contribution in [1.29, 1.82) is 0 Å². The molecule has 0 aliphatic heterocycles. The van der Waals surface area contributed by atoms with Crippen molar-refractivity contribution in [1.82, 2.24) is 0 Å². The Morgan fingerprint density at radius 1 is 0.963 bits per heavy atom. The second-order valence-corrected chi connectivity index (χ2v) is 14.0. The number of carbonyl (C=O) groups is 1. The highest BCUT2D eigenvalue weighted by molar-refractivity contribution is 6.78. The van der Waals surface area contributed by atoms with E-state index in [0.717, 1.165) is 30.4 Å². The Hall–Kier alpha value is -1.61. The van der Waals surface area contributed by atoms with E-state index in [-0.39, 0.29) is 5.78 Å². The summed E-state index contributed by atoms with van der Waals surface area (Å²) in [6, 6.07) is 10.1. The number of carbonyl (C=O) groups excluding carboxylic acids is 1.